The van der Waals surface area contributed by atoms with Gasteiger partial charge in [0.25, 0.3) is 5.69 Å². The molecule has 8 heteroatoms. The fourth-order valence-corrected chi connectivity index (χ4v) is 2.60. The Kier molecular flexibility index (Phi) is 4.74. The summed E-state index contributed by atoms with van der Waals surface area (Å²) in [4.78, 5) is 22.8. The topological polar surface area (TPSA) is 104 Å². The van der Waals surface area contributed by atoms with E-state index in [9.17, 15) is 14.9 Å². The summed E-state index contributed by atoms with van der Waals surface area (Å²) in [5, 5.41) is 14.4. The van der Waals surface area contributed by atoms with E-state index >= 15 is 0 Å². The van der Waals surface area contributed by atoms with Crippen LogP contribution in [0.1, 0.15) is 5.56 Å². The molecule has 1 amide bonds. The van der Waals surface area contributed by atoms with Gasteiger partial charge in [0, 0.05) is 29.1 Å². The van der Waals surface area contributed by atoms with Crippen molar-refractivity contribution in [1.29, 1.82) is 0 Å². The molecule has 1 aromatic heterocycles. The van der Waals surface area contributed by atoms with Crippen molar-refractivity contribution in [2.24, 2.45) is 0 Å². The Morgan fingerprint density at radius 3 is 2.69 bits per heavy atom. The van der Waals surface area contributed by atoms with E-state index < -0.39 is 4.92 Å². The first kappa shape index (κ1) is 17.3. The SMILES string of the molecule is COc1ccc2c(CC(=O)Nc3cc([N+](=O)[O-])ccc3OC)coc2c1. The quantitative estimate of drug-likeness (QED) is 0.535. The van der Waals surface area contributed by atoms with Crippen LogP contribution in [0.15, 0.2) is 47.1 Å². The lowest BCUT2D eigenvalue weighted by molar-refractivity contribution is -0.384. The zero-order valence-corrected chi connectivity index (χ0v) is 14.1. The molecule has 0 saturated heterocycles. The number of furan rings is 1. The van der Waals surface area contributed by atoms with Crippen molar-refractivity contribution in [3.05, 3.63) is 58.3 Å². The molecule has 3 rings (SSSR count). The highest BCUT2D eigenvalue weighted by molar-refractivity contribution is 5.96. The second kappa shape index (κ2) is 7.14. The lowest BCUT2D eigenvalue weighted by atomic mass is 10.1. The third kappa shape index (κ3) is 3.44. The van der Waals surface area contributed by atoms with Crippen molar-refractivity contribution in [2.45, 2.75) is 6.42 Å². The van der Waals surface area contributed by atoms with E-state index in [1.807, 2.05) is 6.07 Å². The first-order valence-corrected chi connectivity index (χ1v) is 7.68. The molecule has 0 aliphatic carbocycles. The van der Waals surface area contributed by atoms with E-state index in [0.717, 1.165) is 5.39 Å². The van der Waals surface area contributed by atoms with Crippen LogP contribution in [-0.2, 0) is 11.2 Å². The van der Waals surface area contributed by atoms with Crippen molar-refractivity contribution < 1.29 is 23.6 Å². The molecule has 0 saturated carbocycles. The van der Waals surface area contributed by atoms with Crippen LogP contribution in [0.3, 0.4) is 0 Å². The number of hydrogen-bond donors (Lipinski definition) is 1. The maximum atomic E-state index is 12.4. The van der Waals surface area contributed by atoms with Gasteiger partial charge in [0.15, 0.2) is 0 Å². The first-order chi connectivity index (χ1) is 12.5. The van der Waals surface area contributed by atoms with Gasteiger partial charge in [-0.25, -0.2) is 0 Å². The number of nitrogens with zero attached hydrogens (tertiary/aromatic N) is 1. The summed E-state index contributed by atoms with van der Waals surface area (Å²) in [7, 11) is 2.98. The summed E-state index contributed by atoms with van der Waals surface area (Å²) in [5.41, 5.74) is 1.41. The number of carbonyl (C=O) groups excluding carboxylic acids is 1. The molecule has 0 aliphatic heterocycles. The predicted molar refractivity (Wildman–Crippen MR) is 94.7 cm³/mol. The normalized spacial score (nSPS) is 10.5. The van der Waals surface area contributed by atoms with Crippen LogP contribution in [0, 0.1) is 10.1 Å². The predicted octanol–water partition coefficient (Wildman–Crippen LogP) is 3.54. The summed E-state index contributed by atoms with van der Waals surface area (Å²) in [6.45, 7) is 0. The monoisotopic (exact) mass is 356 g/mol. The van der Waals surface area contributed by atoms with Gasteiger partial charge in [0.1, 0.15) is 17.1 Å². The number of nitrogens with one attached hydrogen (secondary N) is 1. The van der Waals surface area contributed by atoms with Crippen LogP contribution in [0.2, 0.25) is 0 Å². The van der Waals surface area contributed by atoms with Gasteiger partial charge < -0.3 is 19.2 Å². The van der Waals surface area contributed by atoms with E-state index in [0.29, 0.717) is 22.6 Å². The Hall–Kier alpha value is -3.55. The standard InChI is InChI=1S/C18H16N2O6/c1-24-13-4-5-14-11(10-26-17(14)9-13)7-18(21)19-15-8-12(20(22)23)3-6-16(15)25-2/h3-6,8-10H,7H2,1-2H3,(H,19,21). The number of rotatable bonds is 6. The number of anilines is 1. The number of carbonyl (C=O) groups is 1. The van der Waals surface area contributed by atoms with E-state index in [4.69, 9.17) is 13.9 Å². The van der Waals surface area contributed by atoms with Crippen molar-refractivity contribution in [2.75, 3.05) is 19.5 Å². The largest absolute Gasteiger partial charge is 0.497 e. The van der Waals surface area contributed by atoms with Crippen molar-refractivity contribution in [3.8, 4) is 11.5 Å². The maximum Gasteiger partial charge on any atom is 0.271 e. The highest BCUT2D eigenvalue weighted by atomic mass is 16.6. The van der Waals surface area contributed by atoms with Gasteiger partial charge in [0.2, 0.25) is 5.91 Å². The highest BCUT2D eigenvalue weighted by Crippen LogP contribution is 2.30. The summed E-state index contributed by atoms with van der Waals surface area (Å²) in [6.07, 6.45) is 1.56. The van der Waals surface area contributed by atoms with Crippen LogP contribution in [0.4, 0.5) is 11.4 Å². The number of nitro benzene ring substituents is 1. The van der Waals surface area contributed by atoms with Crippen LogP contribution in [0.25, 0.3) is 11.0 Å². The number of nitro groups is 1. The van der Waals surface area contributed by atoms with Gasteiger partial charge in [0.05, 0.1) is 37.5 Å². The van der Waals surface area contributed by atoms with Crippen LogP contribution >= 0.6 is 0 Å². The first-order valence-electron chi connectivity index (χ1n) is 7.68. The smallest absolute Gasteiger partial charge is 0.271 e. The zero-order chi connectivity index (χ0) is 18.7. The number of amides is 1. The Bertz CT molecular complexity index is 979. The average Bonchev–Trinajstić information content (AvgIpc) is 3.03. The number of fused-ring (bicyclic) bond motifs is 1. The van der Waals surface area contributed by atoms with E-state index in [2.05, 4.69) is 5.32 Å². The van der Waals surface area contributed by atoms with E-state index in [1.54, 1.807) is 19.2 Å². The Morgan fingerprint density at radius 2 is 2.00 bits per heavy atom. The lowest BCUT2D eigenvalue weighted by Gasteiger charge is -2.09. The fraction of sp³-hybridized carbons (Fsp3) is 0.167. The molecule has 8 nitrogen and oxygen atoms in total. The third-order valence-electron chi connectivity index (χ3n) is 3.88. The second-order valence-electron chi connectivity index (χ2n) is 5.49. The van der Waals surface area contributed by atoms with E-state index in [-0.39, 0.29) is 23.7 Å². The second-order valence-corrected chi connectivity index (χ2v) is 5.49. The van der Waals surface area contributed by atoms with Crippen molar-refractivity contribution in [3.63, 3.8) is 0 Å². The molecule has 134 valence electrons. The van der Waals surface area contributed by atoms with Gasteiger partial charge in [-0.2, -0.15) is 0 Å². The van der Waals surface area contributed by atoms with Crippen molar-refractivity contribution in [1.82, 2.24) is 0 Å². The fourth-order valence-electron chi connectivity index (χ4n) is 2.60. The van der Waals surface area contributed by atoms with Crippen LogP contribution in [-0.4, -0.2) is 25.1 Å². The summed E-state index contributed by atoms with van der Waals surface area (Å²) in [5.74, 6) is 0.650. The van der Waals surface area contributed by atoms with Gasteiger partial charge in [-0.15, -0.1) is 0 Å². The molecule has 2 aromatic carbocycles. The van der Waals surface area contributed by atoms with Gasteiger partial charge in [-0.1, -0.05) is 0 Å². The molecule has 1 heterocycles. The summed E-state index contributed by atoms with van der Waals surface area (Å²) < 4.78 is 15.7. The molecule has 3 aromatic rings. The minimum Gasteiger partial charge on any atom is -0.497 e. The molecule has 0 spiro atoms. The molecule has 0 bridgehead atoms. The van der Waals surface area contributed by atoms with Gasteiger partial charge in [-0.05, 0) is 18.2 Å². The summed E-state index contributed by atoms with van der Waals surface area (Å²) in [6, 6.07) is 9.34. The van der Waals surface area contributed by atoms with E-state index in [1.165, 1.54) is 31.6 Å². The number of non-ortho nitro benzene ring substituents is 1. The summed E-state index contributed by atoms with van der Waals surface area (Å²) >= 11 is 0. The highest BCUT2D eigenvalue weighted by Gasteiger charge is 2.16. The molecule has 26 heavy (non-hydrogen) atoms. The molecule has 1 N–H and O–H groups in total. The van der Waals surface area contributed by atoms with Gasteiger partial charge >= 0.3 is 0 Å². The molecule has 0 radical (unpaired) electrons. The number of hydrogen-bond acceptors (Lipinski definition) is 6. The van der Waals surface area contributed by atoms with Gasteiger partial charge in [-0.3, -0.25) is 14.9 Å². The molecular weight excluding hydrogens is 340 g/mol. The minimum atomic E-state index is -0.536. The number of benzene rings is 2. The Labute approximate surface area is 148 Å². The molecule has 0 fully saturated rings. The number of ether oxygens (including phenoxy) is 2. The number of methoxy groups -OCH3 is 2. The zero-order valence-electron chi connectivity index (χ0n) is 14.1. The molecule has 0 aliphatic rings. The molecule has 0 atom stereocenters. The Balaban J connectivity index is 1.81. The minimum absolute atomic E-state index is 0.0468. The molecular formula is C18H16N2O6. The Morgan fingerprint density at radius 1 is 1.19 bits per heavy atom. The van der Waals surface area contributed by atoms with Crippen LogP contribution in [0.5, 0.6) is 11.5 Å². The molecule has 0 unspecified atom stereocenters. The maximum absolute atomic E-state index is 12.4. The lowest BCUT2D eigenvalue weighted by Crippen LogP contribution is -2.15. The third-order valence-corrected chi connectivity index (χ3v) is 3.88. The average molecular weight is 356 g/mol. The van der Waals surface area contributed by atoms with Crippen molar-refractivity contribution >= 4 is 28.3 Å². The van der Waals surface area contributed by atoms with Crippen LogP contribution < -0.4 is 14.8 Å².